The summed E-state index contributed by atoms with van der Waals surface area (Å²) in [4.78, 5) is 2.38. The SMILES string of the molecule is Cc1ccccc1NC(=S)N1CC[C@H]2CCCC[C@H]2C1. The molecule has 2 aliphatic rings. The van der Waals surface area contributed by atoms with Gasteiger partial charge < -0.3 is 10.2 Å². The largest absolute Gasteiger partial charge is 0.349 e. The van der Waals surface area contributed by atoms with Crippen LogP contribution < -0.4 is 5.32 Å². The third kappa shape index (κ3) is 2.98. The number of anilines is 1. The van der Waals surface area contributed by atoms with Crippen molar-refractivity contribution in [2.24, 2.45) is 11.8 Å². The molecule has 2 fully saturated rings. The number of aryl methyl sites for hydroxylation is 1. The van der Waals surface area contributed by atoms with Crippen molar-refractivity contribution in [1.29, 1.82) is 0 Å². The highest BCUT2D eigenvalue weighted by molar-refractivity contribution is 7.80. The van der Waals surface area contributed by atoms with Gasteiger partial charge in [0.15, 0.2) is 5.11 Å². The Morgan fingerprint density at radius 3 is 2.70 bits per heavy atom. The standard InChI is InChI=1S/C17H24N2S/c1-13-6-2-5-9-16(13)18-17(20)19-11-10-14-7-3-4-8-15(14)12-19/h2,5-6,9,14-15H,3-4,7-8,10-12H2,1H3,(H,18,20)/t14-,15+/m1/s1. The second-order valence-electron chi connectivity index (χ2n) is 6.28. The first-order valence-corrected chi connectivity index (χ1v) is 8.26. The molecule has 0 amide bonds. The average Bonchev–Trinajstić information content (AvgIpc) is 2.49. The van der Waals surface area contributed by atoms with Crippen molar-refractivity contribution in [3.63, 3.8) is 0 Å². The van der Waals surface area contributed by atoms with Crippen molar-refractivity contribution in [2.45, 2.75) is 39.0 Å². The summed E-state index contributed by atoms with van der Waals surface area (Å²) in [6, 6.07) is 8.36. The molecule has 1 saturated carbocycles. The van der Waals surface area contributed by atoms with Crippen LogP contribution >= 0.6 is 12.2 Å². The number of likely N-dealkylation sites (tertiary alicyclic amines) is 1. The summed E-state index contributed by atoms with van der Waals surface area (Å²) in [5, 5.41) is 4.34. The first-order chi connectivity index (χ1) is 9.74. The molecule has 0 aromatic heterocycles. The molecule has 1 aromatic rings. The maximum atomic E-state index is 5.62. The van der Waals surface area contributed by atoms with Gasteiger partial charge in [-0.3, -0.25) is 0 Å². The van der Waals surface area contributed by atoms with E-state index in [1.807, 2.05) is 0 Å². The summed E-state index contributed by atoms with van der Waals surface area (Å²) in [5.41, 5.74) is 2.39. The summed E-state index contributed by atoms with van der Waals surface area (Å²) in [6.07, 6.45) is 7.00. The number of para-hydroxylation sites is 1. The van der Waals surface area contributed by atoms with Crippen LogP contribution in [0.3, 0.4) is 0 Å². The minimum absolute atomic E-state index is 0.870. The number of hydrogen-bond acceptors (Lipinski definition) is 1. The lowest BCUT2D eigenvalue weighted by Crippen LogP contribution is -2.46. The molecule has 3 heteroatoms. The third-order valence-electron chi connectivity index (χ3n) is 4.97. The van der Waals surface area contributed by atoms with Crippen LogP contribution in [0.4, 0.5) is 5.69 Å². The number of thiocarbonyl (C=S) groups is 1. The van der Waals surface area contributed by atoms with Gasteiger partial charge in [-0.15, -0.1) is 0 Å². The number of benzene rings is 1. The fraction of sp³-hybridized carbons (Fsp3) is 0.588. The molecular formula is C17H24N2S. The molecular weight excluding hydrogens is 264 g/mol. The smallest absolute Gasteiger partial charge is 0.173 e. The van der Waals surface area contributed by atoms with Crippen molar-refractivity contribution in [3.8, 4) is 0 Å². The van der Waals surface area contributed by atoms with Crippen LogP contribution in [0.2, 0.25) is 0 Å². The molecule has 0 bridgehead atoms. The highest BCUT2D eigenvalue weighted by Gasteiger charge is 2.31. The molecule has 1 saturated heterocycles. The highest BCUT2D eigenvalue weighted by atomic mass is 32.1. The van der Waals surface area contributed by atoms with Crippen LogP contribution in [0, 0.1) is 18.8 Å². The van der Waals surface area contributed by atoms with Crippen molar-refractivity contribution < 1.29 is 0 Å². The topological polar surface area (TPSA) is 15.3 Å². The number of fused-ring (bicyclic) bond motifs is 1. The van der Waals surface area contributed by atoms with Gasteiger partial charge >= 0.3 is 0 Å². The van der Waals surface area contributed by atoms with Gasteiger partial charge in [0.05, 0.1) is 0 Å². The molecule has 2 nitrogen and oxygen atoms in total. The predicted molar refractivity (Wildman–Crippen MR) is 89.0 cm³/mol. The van der Waals surface area contributed by atoms with Gasteiger partial charge in [-0.1, -0.05) is 37.5 Å². The van der Waals surface area contributed by atoms with Gasteiger partial charge in [0.1, 0.15) is 0 Å². The maximum Gasteiger partial charge on any atom is 0.173 e. The van der Waals surface area contributed by atoms with E-state index < -0.39 is 0 Å². The molecule has 1 aliphatic heterocycles. The lowest BCUT2D eigenvalue weighted by atomic mass is 9.75. The molecule has 1 heterocycles. The monoisotopic (exact) mass is 288 g/mol. The number of piperidine rings is 1. The Morgan fingerprint density at radius 2 is 1.90 bits per heavy atom. The third-order valence-corrected chi connectivity index (χ3v) is 5.33. The van der Waals surface area contributed by atoms with Crippen LogP contribution in [-0.2, 0) is 0 Å². The first kappa shape index (κ1) is 13.9. The molecule has 1 N–H and O–H groups in total. The molecule has 3 rings (SSSR count). The highest BCUT2D eigenvalue weighted by Crippen LogP contribution is 2.36. The van der Waals surface area contributed by atoms with E-state index in [9.17, 15) is 0 Å². The fourth-order valence-corrected chi connectivity index (χ4v) is 3.97. The quantitative estimate of drug-likeness (QED) is 0.780. The zero-order valence-corrected chi connectivity index (χ0v) is 13.1. The lowest BCUT2D eigenvalue weighted by Gasteiger charge is -2.42. The van der Waals surface area contributed by atoms with E-state index in [0.29, 0.717) is 0 Å². The Bertz CT molecular complexity index is 486. The lowest BCUT2D eigenvalue weighted by molar-refractivity contribution is 0.131. The fourth-order valence-electron chi connectivity index (χ4n) is 3.69. The summed E-state index contributed by atoms with van der Waals surface area (Å²) in [5.74, 6) is 1.83. The zero-order chi connectivity index (χ0) is 13.9. The average molecular weight is 288 g/mol. The minimum Gasteiger partial charge on any atom is -0.349 e. The first-order valence-electron chi connectivity index (χ1n) is 7.85. The molecule has 2 atom stereocenters. The van der Waals surface area contributed by atoms with Crippen LogP contribution in [0.15, 0.2) is 24.3 Å². The van der Waals surface area contributed by atoms with Crippen LogP contribution in [0.5, 0.6) is 0 Å². The Hall–Kier alpha value is -1.09. The van der Waals surface area contributed by atoms with Gasteiger partial charge in [0, 0.05) is 18.8 Å². The molecule has 1 aliphatic carbocycles. The Morgan fingerprint density at radius 1 is 1.15 bits per heavy atom. The van der Waals surface area contributed by atoms with Crippen LogP contribution in [0.1, 0.15) is 37.7 Å². The Labute approximate surface area is 127 Å². The van der Waals surface area contributed by atoms with E-state index in [2.05, 4.69) is 41.4 Å². The van der Waals surface area contributed by atoms with E-state index in [1.54, 1.807) is 0 Å². The Balaban J connectivity index is 1.62. The number of nitrogens with one attached hydrogen (secondary N) is 1. The predicted octanol–water partition coefficient (Wildman–Crippen LogP) is 4.20. The van der Waals surface area contributed by atoms with E-state index in [4.69, 9.17) is 12.2 Å². The summed E-state index contributed by atoms with van der Waals surface area (Å²) < 4.78 is 0. The molecule has 108 valence electrons. The summed E-state index contributed by atoms with van der Waals surface area (Å²) in [6.45, 7) is 4.40. The molecule has 0 spiro atoms. The molecule has 0 unspecified atom stereocenters. The molecule has 1 aromatic carbocycles. The van der Waals surface area contributed by atoms with E-state index in [1.165, 1.54) is 37.7 Å². The van der Waals surface area contributed by atoms with Crippen molar-refractivity contribution in [3.05, 3.63) is 29.8 Å². The summed E-state index contributed by atoms with van der Waals surface area (Å²) >= 11 is 5.62. The summed E-state index contributed by atoms with van der Waals surface area (Å²) in [7, 11) is 0. The van der Waals surface area contributed by atoms with Gasteiger partial charge in [-0.05, 0) is 55.4 Å². The van der Waals surface area contributed by atoms with Crippen LogP contribution in [0.25, 0.3) is 0 Å². The second kappa shape index (κ2) is 6.13. The number of rotatable bonds is 1. The van der Waals surface area contributed by atoms with E-state index in [0.717, 1.165) is 35.7 Å². The van der Waals surface area contributed by atoms with Gasteiger partial charge in [-0.2, -0.15) is 0 Å². The minimum atomic E-state index is 0.870. The number of hydrogen-bond donors (Lipinski definition) is 1. The molecule has 0 radical (unpaired) electrons. The van der Waals surface area contributed by atoms with Gasteiger partial charge in [-0.25, -0.2) is 0 Å². The second-order valence-corrected chi connectivity index (χ2v) is 6.67. The van der Waals surface area contributed by atoms with E-state index in [-0.39, 0.29) is 0 Å². The Kier molecular flexibility index (Phi) is 4.25. The van der Waals surface area contributed by atoms with Crippen molar-refractivity contribution in [1.82, 2.24) is 4.90 Å². The van der Waals surface area contributed by atoms with Crippen LogP contribution in [-0.4, -0.2) is 23.1 Å². The van der Waals surface area contributed by atoms with E-state index >= 15 is 0 Å². The zero-order valence-electron chi connectivity index (χ0n) is 12.3. The van der Waals surface area contributed by atoms with Gasteiger partial charge in [0.25, 0.3) is 0 Å². The van der Waals surface area contributed by atoms with Crippen molar-refractivity contribution >= 4 is 23.0 Å². The van der Waals surface area contributed by atoms with Gasteiger partial charge in [0.2, 0.25) is 0 Å². The number of nitrogens with zero attached hydrogens (tertiary/aromatic N) is 1. The molecule has 20 heavy (non-hydrogen) atoms. The normalized spacial score (nSPS) is 25.9. The van der Waals surface area contributed by atoms with Crippen molar-refractivity contribution in [2.75, 3.05) is 18.4 Å². The maximum absolute atomic E-state index is 5.62.